The summed E-state index contributed by atoms with van der Waals surface area (Å²) in [5.74, 6) is -0.109. The number of morpholine rings is 1. The quantitative estimate of drug-likeness (QED) is 0.904. The lowest BCUT2D eigenvalue weighted by molar-refractivity contribution is 0.0162. The molecule has 1 saturated heterocycles. The third-order valence-corrected chi connectivity index (χ3v) is 4.49. The number of carbonyl (C=O) groups is 1. The molecule has 1 aliphatic heterocycles. The molecule has 0 spiro atoms. The summed E-state index contributed by atoms with van der Waals surface area (Å²) in [7, 11) is 0. The van der Waals surface area contributed by atoms with Crippen LogP contribution < -0.4 is 5.32 Å². The van der Waals surface area contributed by atoms with Gasteiger partial charge in [-0.1, -0.05) is 29.8 Å². The average molecular weight is 346 g/mol. The van der Waals surface area contributed by atoms with Crippen LogP contribution in [0, 0.1) is 0 Å². The van der Waals surface area contributed by atoms with E-state index in [0.717, 1.165) is 18.7 Å². The molecule has 1 atom stereocenters. The van der Waals surface area contributed by atoms with Gasteiger partial charge in [0.05, 0.1) is 19.3 Å². The normalized spacial score (nSPS) is 16.5. The number of amides is 1. The van der Waals surface area contributed by atoms with Crippen molar-refractivity contribution in [1.29, 1.82) is 0 Å². The number of hydrogen-bond donors (Lipinski definition) is 1. The molecule has 0 saturated carbocycles. The predicted molar refractivity (Wildman–Crippen MR) is 93.2 cm³/mol. The molecule has 1 N–H and O–H groups in total. The summed E-state index contributed by atoms with van der Waals surface area (Å²) in [5.41, 5.74) is 1.63. The monoisotopic (exact) mass is 345 g/mol. The Kier molecular flexibility index (Phi) is 5.80. The van der Waals surface area contributed by atoms with Gasteiger partial charge in [-0.25, -0.2) is 0 Å². The van der Waals surface area contributed by atoms with Crippen molar-refractivity contribution in [3.63, 3.8) is 0 Å². The van der Waals surface area contributed by atoms with E-state index in [1.807, 2.05) is 24.3 Å². The van der Waals surface area contributed by atoms with Gasteiger partial charge in [0.2, 0.25) is 0 Å². The van der Waals surface area contributed by atoms with Gasteiger partial charge in [0.25, 0.3) is 5.91 Å². The molecule has 3 rings (SSSR count). The van der Waals surface area contributed by atoms with Crippen LogP contribution in [0.1, 0.15) is 22.0 Å². The van der Waals surface area contributed by atoms with Crippen LogP contribution in [0.2, 0.25) is 5.02 Å². The topological polar surface area (TPSA) is 54.5 Å². The van der Waals surface area contributed by atoms with E-state index >= 15 is 0 Å². The van der Waals surface area contributed by atoms with E-state index in [1.54, 1.807) is 24.5 Å². The first kappa shape index (κ1) is 16.9. The van der Waals surface area contributed by atoms with Crippen molar-refractivity contribution in [2.24, 2.45) is 0 Å². The van der Waals surface area contributed by atoms with E-state index in [0.29, 0.717) is 30.3 Å². The van der Waals surface area contributed by atoms with Crippen molar-refractivity contribution in [3.8, 4) is 0 Å². The molecule has 2 heterocycles. The van der Waals surface area contributed by atoms with Crippen molar-refractivity contribution in [2.45, 2.75) is 6.04 Å². The highest BCUT2D eigenvalue weighted by atomic mass is 35.5. The first-order valence-electron chi connectivity index (χ1n) is 8.00. The Morgan fingerprint density at radius 2 is 1.92 bits per heavy atom. The fourth-order valence-corrected chi connectivity index (χ4v) is 3.13. The van der Waals surface area contributed by atoms with E-state index in [4.69, 9.17) is 16.3 Å². The Labute approximate surface area is 146 Å². The molecule has 2 aromatic rings. The van der Waals surface area contributed by atoms with Gasteiger partial charge in [-0.05, 0) is 23.8 Å². The van der Waals surface area contributed by atoms with E-state index in [2.05, 4.69) is 15.2 Å². The third-order valence-electron chi connectivity index (χ3n) is 4.15. The molecule has 126 valence electrons. The first-order valence-corrected chi connectivity index (χ1v) is 8.38. The third kappa shape index (κ3) is 4.12. The highest BCUT2D eigenvalue weighted by molar-refractivity contribution is 6.31. The van der Waals surface area contributed by atoms with Crippen LogP contribution >= 0.6 is 11.6 Å². The van der Waals surface area contributed by atoms with Crippen LogP contribution in [0.15, 0.2) is 48.8 Å². The number of halogens is 1. The van der Waals surface area contributed by atoms with Crippen molar-refractivity contribution in [1.82, 2.24) is 15.2 Å². The first-order chi connectivity index (χ1) is 11.8. The second kappa shape index (κ2) is 8.24. The van der Waals surface area contributed by atoms with Crippen LogP contribution in [0.3, 0.4) is 0 Å². The maximum Gasteiger partial charge on any atom is 0.251 e. The summed E-state index contributed by atoms with van der Waals surface area (Å²) >= 11 is 6.39. The molecular weight excluding hydrogens is 326 g/mol. The summed E-state index contributed by atoms with van der Waals surface area (Å²) in [5, 5.41) is 3.73. The molecule has 0 radical (unpaired) electrons. The van der Waals surface area contributed by atoms with Crippen LogP contribution in [-0.2, 0) is 4.74 Å². The van der Waals surface area contributed by atoms with Gasteiger partial charge >= 0.3 is 0 Å². The standard InChI is InChI=1S/C18H20ClN3O2/c19-16-4-2-1-3-15(16)17(22-9-11-24-12-10-22)13-21-18(23)14-5-7-20-8-6-14/h1-8,17H,9-13H2,(H,21,23)/t17-/m1/s1. The summed E-state index contributed by atoms with van der Waals surface area (Å²) in [4.78, 5) is 18.6. The molecule has 1 amide bonds. The molecule has 0 unspecified atom stereocenters. The molecular formula is C18H20ClN3O2. The molecule has 6 heteroatoms. The van der Waals surface area contributed by atoms with E-state index in [9.17, 15) is 4.79 Å². The molecule has 5 nitrogen and oxygen atoms in total. The molecule has 1 aromatic heterocycles. The molecule has 1 aliphatic rings. The van der Waals surface area contributed by atoms with Crippen LogP contribution in [0.25, 0.3) is 0 Å². The molecule has 0 aliphatic carbocycles. The number of aromatic nitrogens is 1. The van der Waals surface area contributed by atoms with Gasteiger partial charge in [0.15, 0.2) is 0 Å². The van der Waals surface area contributed by atoms with Crippen molar-refractivity contribution in [3.05, 3.63) is 64.9 Å². The number of hydrogen-bond acceptors (Lipinski definition) is 4. The van der Waals surface area contributed by atoms with E-state index < -0.39 is 0 Å². The lowest BCUT2D eigenvalue weighted by Crippen LogP contribution is -2.44. The van der Waals surface area contributed by atoms with Crippen LogP contribution in [0.5, 0.6) is 0 Å². The van der Waals surface area contributed by atoms with Gasteiger partial charge in [-0.15, -0.1) is 0 Å². The molecule has 1 aromatic carbocycles. The zero-order valence-corrected chi connectivity index (χ0v) is 14.1. The highest BCUT2D eigenvalue weighted by Gasteiger charge is 2.24. The average Bonchev–Trinajstić information content (AvgIpc) is 2.65. The van der Waals surface area contributed by atoms with Gasteiger partial charge in [-0.2, -0.15) is 0 Å². The Bertz CT molecular complexity index is 675. The van der Waals surface area contributed by atoms with Crippen LogP contribution in [0.4, 0.5) is 0 Å². The minimum Gasteiger partial charge on any atom is -0.379 e. The lowest BCUT2D eigenvalue weighted by atomic mass is 10.0. The van der Waals surface area contributed by atoms with Crippen molar-refractivity contribution >= 4 is 17.5 Å². The minimum absolute atomic E-state index is 0.0217. The molecule has 0 bridgehead atoms. The summed E-state index contributed by atoms with van der Waals surface area (Å²) < 4.78 is 5.44. The number of nitrogens with one attached hydrogen (secondary N) is 1. The van der Waals surface area contributed by atoms with Gasteiger partial charge in [0.1, 0.15) is 0 Å². The SMILES string of the molecule is O=C(NC[C@H](c1ccccc1Cl)N1CCOCC1)c1ccncc1. The maximum atomic E-state index is 12.3. The number of carbonyl (C=O) groups excluding carboxylic acids is 1. The van der Waals surface area contributed by atoms with Crippen molar-refractivity contribution < 1.29 is 9.53 Å². The van der Waals surface area contributed by atoms with E-state index in [1.165, 1.54) is 0 Å². The van der Waals surface area contributed by atoms with Gasteiger partial charge in [0, 0.05) is 42.6 Å². The second-order valence-corrected chi connectivity index (χ2v) is 6.04. The maximum absolute atomic E-state index is 12.3. The second-order valence-electron chi connectivity index (χ2n) is 5.63. The fraction of sp³-hybridized carbons (Fsp3) is 0.333. The van der Waals surface area contributed by atoms with Gasteiger partial charge in [-0.3, -0.25) is 14.7 Å². The van der Waals surface area contributed by atoms with E-state index in [-0.39, 0.29) is 11.9 Å². The number of benzene rings is 1. The van der Waals surface area contributed by atoms with Crippen LogP contribution in [-0.4, -0.2) is 48.6 Å². The number of ether oxygens (including phenoxy) is 1. The summed E-state index contributed by atoms with van der Waals surface area (Å²) in [6, 6.07) is 11.2. The Morgan fingerprint density at radius 3 is 2.62 bits per heavy atom. The Balaban J connectivity index is 1.75. The fourth-order valence-electron chi connectivity index (χ4n) is 2.86. The largest absolute Gasteiger partial charge is 0.379 e. The summed E-state index contributed by atoms with van der Waals surface area (Å²) in [6.07, 6.45) is 3.23. The predicted octanol–water partition coefficient (Wildman–Crippen LogP) is 2.54. The number of nitrogens with zero attached hydrogens (tertiary/aromatic N) is 2. The smallest absolute Gasteiger partial charge is 0.251 e. The highest BCUT2D eigenvalue weighted by Crippen LogP contribution is 2.27. The zero-order chi connectivity index (χ0) is 16.8. The summed E-state index contributed by atoms with van der Waals surface area (Å²) in [6.45, 7) is 3.52. The number of pyridine rings is 1. The molecule has 24 heavy (non-hydrogen) atoms. The Hall–Kier alpha value is -1.95. The minimum atomic E-state index is -0.109. The Morgan fingerprint density at radius 1 is 1.21 bits per heavy atom. The van der Waals surface area contributed by atoms with Crippen molar-refractivity contribution in [2.75, 3.05) is 32.8 Å². The number of rotatable bonds is 5. The molecule has 1 fully saturated rings. The zero-order valence-electron chi connectivity index (χ0n) is 13.3. The van der Waals surface area contributed by atoms with Gasteiger partial charge < -0.3 is 10.1 Å². The lowest BCUT2D eigenvalue weighted by Gasteiger charge is -2.35.